The SMILES string of the molecule is CN=C1S/C(=C/c2ccc(OC)c(O)c2)C(=O)N1/N=C\c1ccccc1. The highest BCUT2D eigenvalue weighted by Gasteiger charge is 2.33. The van der Waals surface area contributed by atoms with Gasteiger partial charge in [-0.1, -0.05) is 36.4 Å². The molecule has 2 aromatic rings. The number of aliphatic imine (C=N–C) groups is 1. The highest BCUT2D eigenvalue weighted by atomic mass is 32.2. The molecule has 6 nitrogen and oxygen atoms in total. The van der Waals surface area contributed by atoms with E-state index >= 15 is 0 Å². The first-order valence-electron chi connectivity index (χ1n) is 7.79. The standard InChI is InChI=1S/C19H17N3O3S/c1-20-19-22(21-12-13-6-4-3-5-7-13)18(24)17(26-19)11-14-8-9-16(25-2)15(23)10-14/h3-12,23H,1-2H3/b17-11+,20-19?,21-12-. The molecule has 1 aliphatic rings. The van der Waals surface area contributed by atoms with E-state index < -0.39 is 0 Å². The number of phenolic OH excluding ortho intramolecular Hbond substituents is 1. The summed E-state index contributed by atoms with van der Waals surface area (Å²) >= 11 is 1.23. The van der Waals surface area contributed by atoms with Crippen LogP contribution in [0.3, 0.4) is 0 Å². The number of carbonyl (C=O) groups is 1. The van der Waals surface area contributed by atoms with Crippen LogP contribution in [0.25, 0.3) is 6.08 Å². The first-order valence-corrected chi connectivity index (χ1v) is 8.61. The summed E-state index contributed by atoms with van der Waals surface area (Å²) in [6, 6.07) is 14.5. The van der Waals surface area contributed by atoms with Crippen molar-refractivity contribution in [2.45, 2.75) is 0 Å². The van der Waals surface area contributed by atoms with Gasteiger partial charge in [0.1, 0.15) is 0 Å². The van der Waals surface area contributed by atoms with Gasteiger partial charge in [0.25, 0.3) is 5.91 Å². The number of carbonyl (C=O) groups excluding carboxylic acids is 1. The maximum Gasteiger partial charge on any atom is 0.287 e. The van der Waals surface area contributed by atoms with Crippen molar-refractivity contribution in [2.24, 2.45) is 10.1 Å². The summed E-state index contributed by atoms with van der Waals surface area (Å²) in [6.07, 6.45) is 3.31. The zero-order chi connectivity index (χ0) is 18.5. The van der Waals surface area contributed by atoms with Gasteiger partial charge in [0.2, 0.25) is 0 Å². The van der Waals surface area contributed by atoms with E-state index in [2.05, 4.69) is 10.1 Å². The number of rotatable bonds is 4. The number of thioether (sulfide) groups is 1. The Morgan fingerprint density at radius 1 is 1.15 bits per heavy atom. The summed E-state index contributed by atoms with van der Waals surface area (Å²) in [5.74, 6) is 0.126. The maximum absolute atomic E-state index is 12.7. The zero-order valence-electron chi connectivity index (χ0n) is 14.3. The lowest BCUT2D eigenvalue weighted by atomic mass is 10.2. The summed E-state index contributed by atoms with van der Waals surface area (Å²) in [5.41, 5.74) is 1.57. The molecule has 0 unspecified atom stereocenters. The topological polar surface area (TPSA) is 74.5 Å². The monoisotopic (exact) mass is 367 g/mol. The second kappa shape index (κ2) is 7.88. The van der Waals surface area contributed by atoms with Gasteiger partial charge < -0.3 is 9.84 Å². The van der Waals surface area contributed by atoms with Crippen LogP contribution < -0.4 is 4.74 Å². The van der Waals surface area contributed by atoms with Crippen LogP contribution in [-0.4, -0.2) is 41.6 Å². The molecule has 26 heavy (non-hydrogen) atoms. The van der Waals surface area contributed by atoms with Gasteiger partial charge in [-0.25, -0.2) is 0 Å². The molecule has 1 aliphatic heterocycles. The third-order valence-corrected chi connectivity index (χ3v) is 4.65. The number of hydrogen-bond acceptors (Lipinski definition) is 6. The van der Waals surface area contributed by atoms with E-state index in [9.17, 15) is 9.90 Å². The molecular weight excluding hydrogens is 350 g/mol. The summed E-state index contributed by atoms with van der Waals surface area (Å²) in [7, 11) is 3.10. The molecule has 1 amide bonds. The van der Waals surface area contributed by atoms with Crippen molar-refractivity contribution in [3.8, 4) is 11.5 Å². The predicted molar refractivity (Wildman–Crippen MR) is 104 cm³/mol. The lowest BCUT2D eigenvalue weighted by Gasteiger charge is -2.07. The minimum Gasteiger partial charge on any atom is -0.504 e. The van der Waals surface area contributed by atoms with Gasteiger partial charge in [-0.2, -0.15) is 10.1 Å². The van der Waals surface area contributed by atoms with Crippen molar-refractivity contribution in [3.05, 3.63) is 64.6 Å². The van der Waals surface area contributed by atoms with Crippen LogP contribution in [-0.2, 0) is 4.79 Å². The van der Waals surface area contributed by atoms with Crippen LogP contribution in [0.15, 0.2) is 63.5 Å². The first kappa shape index (κ1) is 17.8. The first-order chi connectivity index (χ1) is 12.6. The van der Waals surface area contributed by atoms with Gasteiger partial charge in [-0.3, -0.25) is 9.79 Å². The molecule has 1 fully saturated rings. The molecule has 1 heterocycles. The number of benzene rings is 2. The number of nitrogens with zero attached hydrogens (tertiary/aromatic N) is 3. The molecule has 0 bridgehead atoms. The second-order valence-corrected chi connectivity index (χ2v) is 6.33. The van der Waals surface area contributed by atoms with Gasteiger partial charge >= 0.3 is 0 Å². The molecule has 0 aromatic heterocycles. The molecule has 0 atom stereocenters. The molecule has 2 aromatic carbocycles. The number of phenols is 1. The van der Waals surface area contributed by atoms with Gasteiger partial charge in [0, 0.05) is 7.05 Å². The number of hydrazone groups is 1. The van der Waals surface area contributed by atoms with E-state index in [0.717, 1.165) is 5.56 Å². The van der Waals surface area contributed by atoms with Crippen molar-refractivity contribution in [3.63, 3.8) is 0 Å². The normalized spacial score (nSPS) is 17.6. The smallest absolute Gasteiger partial charge is 0.287 e. The Morgan fingerprint density at radius 3 is 2.58 bits per heavy atom. The summed E-state index contributed by atoms with van der Waals surface area (Å²) in [4.78, 5) is 17.3. The third kappa shape index (κ3) is 3.78. The number of ether oxygens (including phenoxy) is 1. The van der Waals surface area contributed by atoms with Crippen LogP contribution in [0.5, 0.6) is 11.5 Å². The van der Waals surface area contributed by atoms with Gasteiger partial charge in [0.15, 0.2) is 16.7 Å². The number of amides is 1. The van der Waals surface area contributed by atoms with Crippen molar-refractivity contribution >= 4 is 35.1 Å². The molecule has 0 spiro atoms. The summed E-state index contributed by atoms with van der Waals surface area (Å²) in [6.45, 7) is 0. The van der Waals surface area contributed by atoms with Crippen LogP contribution in [0.4, 0.5) is 0 Å². The predicted octanol–water partition coefficient (Wildman–Crippen LogP) is 3.34. The lowest BCUT2D eigenvalue weighted by Crippen LogP contribution is -2.23. The molecule has 1 saturated heterocycles. The molecule has 132 valence electrons. The Balaban J connectivity index is 1.86. The summed E-state index contributed by atoms with van der Waals surface area (Å²) in [5, 5.41) is 15.9. The molecule has 0 aliphatic carbocycles. The van der Waals surface area contributed by atoms with Crippen LogP contribution in [0.2, 0.25) is 0 Å². The molecule has 0 saturated carbocycles. The summed E-state index contributed by atoms with van der Waals surface area (Å²) < 4.78 is 5.03. The van der Waals surface area contributed by atoms with Crippen molar-refractivity contribution < 1.29 is 14.6 Å². The highest BCUT2D eigenvalue weighted by molar-refractivity contribution is 8.18. The van der Waals surface area contributed by atoms with Crippen molar-refractivity contribution in [2.75, 3.05) is 14.2 Å². The van der Waals surface area contributed by atoms with Crippen LogP contribution in [0, 0.1) is 0 Å². The Morgan fingerprint density at radius 2 is 1.92 bits per heavy atom. The third-order valence-electron chi connectivity index (χ3n) is 3.60. The quantitative estimate of drug-likeness (QED) is 0.664. The number of aromatic hydroxyl groups is 1. The van der Waals surface area contributed by atoms with Crippen molar-refractivity contribution in [1.29, 1.82) is 0 Å². The van der Waals surface area contributed by atoms with E-state index in [-0.39, 0.29) is 11.7 Å². The number of methoxy groups -OCH3 is 1. The van der Waals surface area contributed by atoms with E-state index in [1.54, 1.807) is 37.5 Å². The molecule has 3 rings (SSSR count). The molecule has 0 radical (unpaired) electrons. The minimum atomic E-state index is -0.266. The molecule has 7 heteroatoms. The molecular formula is C19H17N3O3S. The fourth-order valence-electron chi connectivity index (χ4n) is 2.32. The zero-order valence-corrected chi connectivity index (χ0v) is 15.1. The van der Waals surface area contributed by atoms with Crippen molar-refractivity contribution in [1.82, 2.24) is 5.01 Å². The Labute approximate surface area is 155 Å². The van der Waals surface area contributed by atoms with Crippen LogP contribution in [0.1, 0.15) is 11.1 Å². The average molecular weight is 367 g/mol. The molecule has 1 N–H and O–H groups in total. The fraction of sp³-hybridized carbons (Fsp3) is 0.105. The maximum atomic E-state index is 12.7. The second-order valence-electron chi connectivity index (χ2n) is 5.32. The Hall–Kier alpha value is -3.06. The Bertz CT molecular complexity index is 908. The van der Waals surface area contributed by atoms with Gasteiger partial charge in [-0.05, 0) is 41.1 Å². The Kier molecular flexibility index (Phi) is 5.38. The van der Waals surface area contributed by atoms with Gasteiger partial charge in [-0.15, -0.1) is 0 Å². The number of amidine groups is 1. The highest BCUT2D eigenvalue weighted by Crippen LogP contribution is 2.34. The largest absolute Gasteiger partial charge is 0.504 e. The van der Waals surface area contributed by atoms with E-state index in [1.807, 2.05) is 30.3 Å². The minimum absolute atomic E-state index is 0.0145. The van der Waals surface area contributed by atoms with Crippen LogP contribution >= 0.6 is 11.8 Å². The van der Waals surface area contributed by atoms with E-state index in [4.69, 9.17) is 4.74 Å². The van der Waals surface area contributed by atoms with E-state index in [1.165, 1.54) is 23.9 Å². The fourth-order valence-corrected chi connectivity index (χ4v) is 3.19. The average Bonchev–Trinajstić information content (AvgIpc) is 2.96. The lowest BCUT2D eigenvalue weighted by molar-refractivity contribution is -0.122. The van der Waals surface area contributed by atoms with Gasteiger partial charge in [0.05, 0.1) is 18.2 Å². The number of hydrogen-bond donors (Lipinski definition) is 1. The van der Waals surface area contributed by atoms with E-state index in [0.29, 0.717) is 21.4 Å².